The molecule has 6 heteroatoms. The largest absolute Gasteiger partial charge is 0.351 e. The highest BCUT2D eigenvalue weighted by Gasteiger charge is 2.16. The number of nitrogens with one attached hydrogen (secondary N) is 1. The summed E-state index contributed by atoms with van der Waals surface area (Å²) in [6.07, 6.45) is 3.20. The smallest absolute Gasteiger partial charge is 0.237 e. The van der Waals surface area contributed by atoms with Gasteiger partial charge in [-0.3, -0.25) is 4.79 Å². The first kappa shape index (κ1) is 15.2. The van der Waals surface area contributed by atoms with Crippen molar-refractivity contribution in [3.8, 4) is 0 Å². The maximum absolute atomic E-state index is 11.8. The van der Waals surface area contributed by atoms with Crippen LogP contribution in [0.3, 0.4) is 0 Å². The highest BCUT2D eigenvalue weighted by atomic mass is 16.2. The van der Waals surface area contributed by atoms with Crippen molar-refractivity contribution in [3.05, 3.63) is 48.0 Å². The topological polar surface area (TPSA) is 85.8 Å². The van der Waals surface area contributed by atoms with Crippen molar-refractivity contribution in [2.75, 3.05) is 0 Å². The Labute approximate surface area is 124 Å². The average molecular weight is 287 g/mol. The lowest BCUT2D eigenvalue weighted by Crippen LogP contribution is -2.43. The number of hydrogen-bond acceptors (Lipinski definition) is 4. The van der Waals surface area contributed by atoms with E-state index >= 15 is 0 Å². The lowest BCUT2D eigenvalue weighted by Gasteiger charge is -2.15. The number of amides is 1. The SMILES string of the molecule is CC(C)[C@H](N)C(=O)NCc1ccc(Cn2cncn2)cc1. The molecule has 1 heterocycles. The Kier molecular flexibility index (Phi) is 5.05. The van der Waals surface area contributed by atoms with Crippen molar-refractivity contribution in [1.82, 2.24) is 20.1 Å². The Morgan fingerprint density at radius 2 is 1.95 bits per heavy atom. The van der Waals surface area contributed by atoms with Gasteiger partial charge in [0, 0.05) is 6.54 Å². The predicted octanol–water partition coefficient (Wildman–Crippen LogP) is 0.926. The van der Waals surface area contributed by atoms with Crippen LogP contribution in [0, 0.1) is 5.92 Å². The van der Waals surface area contributed by atoms with E-state index in [0.717, 1.165) is 11.1 Å². The molecule has 1 aromatic carbocycles. The van der Waals surface area contributed by atoms with Gasteiger partial charge in [0.2, 0.25) is 5.91 Å². The fraction of sp³-hybridized carbons (Fsp3) is 0.400. The summed E-state index contributed by atoms with van der Waals surface area (Å²) < 4.78 is 1.76. The summed E-state index contributed by atoms with van der Waals surface area (Å²) >= 11 is 0. The van der Waals surface area contributed by atoms with Gasteiger partial charge in [-0.15, -0.1) is 0 Å². The molecule has 0 saturated heterocycles. The van der Waals surface area contributed by atoms with Crippen molar-refractivity contribution in [3.63, 3.8) is 0 Å². The van der Waals surface area contributed by atoms with E-state index in [9.17, 15) is 4.79 Å². The number of rotatable bonds is 6. The van der Waals surface area contributed by atoms with Gasteiger partial charge in [0.05, 0.1) is 12.6 Å². The molecular weight excluding hydrogens is 266 g/mol. The summed E-state index contributed by atoms with van der Waals surface area (Å²) in [6, 6.07) is 7.56. The molecule has 3 N–H and O–H groups in total. The molecule has 0 bridgehead atoms. The average Bonchev–Trinajstić information content (AvgIpc) is 2.98. The summed E-state index contributed by atoms with van der Waals surface area (Å²) in [5.41, 5.74) is 7.97. The second-order valence-corrected chi connectivity index (χ2v) is 5.40. The second kappa shape index (κ2) is 6.99. The molecule has 6 nitrogen and oxygen atoms in total. The third-order valence-corrected chi connectivity index (χ3v) is 3.32. The van der Waals surface area contributed by atoms with Crippen LogP contribution in [0.2, 0.25) is 0 Å². The van der Waals surface area contributed by atoms with E-state index in [1.165, 1.54) is 6.33 Å². The molecule has 0 unspecified atom stereocenters. The van der Waals surface area contributed by atoms with Crippen LogP contribution in [0.4, 0.5) is 0 Å². The Balaban J connectivity index is 1.86. The van der Waals surface area contributed by atoms with Gasteiger partial charge >= 0.3 is 0 Å². The van der Waals surface area contributed by atoms with Gasteiger partial charge in [-0.1, -0.05) is 38.1 Å². The number of nitrogens with two attached hydrogens (primary N) is 1. The minimum Gasteiger partial charge on any atom is -0.351 e. The number of nitrogens with zero attached hydrogens (tertiary/aromatic N) is 3. The Morgan fingerprint density at radius 1 is 1.29 bits per heavy atom. The van der Waals surface area contributed by atoms with Crippen molar-refractivity contribution in [2.24, 2.45) is 11.7 Å². The number of benzene rings is 1. The molecule has 21 heavy (non-hydrogen) atoms. The van der Waals surface area contributed by atoms with E-state index in [4.69, 9.17) is 5.73 Å². The third-order valence-electron chi connectivity index (χ3n) is 3.32. The van der Waals surface area contributed by atoms with Crippen LogP contribution in [0.15, 0.2) is 36.9 Å². The van der Waals surface area contributed by atoms with E-state index < -0.39 is 6.04 Å². The number of aromatic nitrogens is 3. The van der Waals surface area contributed by atoms with Crippen molar-refractivity contribution < 1.29 is 4.79 Å². The minimum absolute atomic E-state index is 0.114. The Hall–Kier alpha value is -2.21. The summed E-state index contributed by atoms with van der Waals surface area (Å²) in [7, 11) is 0. The molecule has 0 aliphatic carbocycles. The van der Waals surface area contributed by atoms with Gasteiger partial charge in [-0.05, 0) is 17.0 Å². The molecule has 112 valence electrons. The van der Waals surface area contributed by atoms with Gasteiger partial charge in [0.1, 0.15) is 12.7 Å². The van der Waals surface area contributed by atoms with Gasteiger partial charge in [-0.25, -0.2) is 9.67 Å². The standard InChI is InChI=1S/C15H21N5O/c1-11(2)14(16)15(21)18-7-12-3-5-13(6-4-12)8-20-10-17-9-19-20/h3-6,9-11,14H,7-8,16H2,1-2H3,(H,18,21)/t14-/m0/s1. The third kappa shape index (κ3) is 4.39. The molecule has 2 aromatic rings. The summed E-state index contributed by atoms with van der Waals surface area (Å²) in [5, 5.41) is 6.92. The van der Waals surface area contributed by atoms with Crippen LogP contribution in [0.1, 0.15) is 25.0 Å². The summed E-state index contributed by atoms with van der Waals surface area (Å²) in [4.78, 5) is 15.7. The molecule has 1 aromatic heterocycles. The highest BCUT2D eigenvalue weighted by molar-refractivity contribution is 5.81. The Morgan fingerprint density at radius 3 is 2.52 bits per heavy atom. The maximum Gasteiger partial charge on any atom is 0.237 e. The number of carbonyl (C=O) groups excluding carboxylic acids is 1. The summed E-state index contributed by atoms with van der Waals surface area (Å²) in [6.45, 7) is 5.04. The van der Waals surface area contributed by atoms with Crippen LogP contribution >= 0.6 is 0 Å². The van der Waals surface area contributed by atoms with Gasteiger partial charge in [-0.2, -0.15) is 5.10 Å². The van der Waals surface area contributed by atoms with E-state index in [1.54, 1.807) is 11.0 Å². The van der Waals surface area contributed by atoms with E-state index in [0.29, 0.717) is 13.1 Å². The molecule has 0 spiro atoms. The number of carbonyl (C=O) groups is 1. The van der Waals surface area contributed by atoms with Gasteiger partial charge in [0.15, 0.2) is 0 Å². The zero-order valence-electron chi connectivity index (χ0n) is 12.4. The highest BCUT2D eigenvalue weighted by Crippen LogP contribution is 2.06. The lowest BCUT2D eigenvalue weighted by molar-refractivity contribution is -0.123. The first-order valence-electron chi connectivity index (χ1n) is 7.00. The molecule has 1 amide bonds. The number of hydrogen-bond donors (Lipinski definition) is 2. The predicted molar refractivity (Wildman–Crippen MR) is 80.2 cm³/mol. The fourth-order valence-corrected chi connectivity index (χ4v) is 1.87. The van der Waals surface area contributed by atoms with Crippen LogP contribution in [-0.2, 0) is 17.9 Å². The van der Waals surface area contributed by atoms with E-state index in [2.05, 4.69) is 15.4 Å². The van der Waals surface area contributed by atoms with Crippen LogP contribution in [0.5, 0.6) is 0 Å². The van der Waals surface area contributed by atoms with Crippen LogP contribution < -0.4 is 11.1 Å². The summed E-state index contributed by atoms with van der Waals surface area (Å²) in [5.74, 6) is 0.0201. The van der Waals surface area contributed by atoms with E-state index in [1.807, 2.05) is 38.1 Å². The Bertz CT molecular complexity index is 562. The molecule has 1 atom stereocenters. The minimum atomic E-state index is -0.461. The zero-order valence-corrected chi connectivity index (χ0v) is 12.4. The lowest BCUT2D eigenvalue weighted by atomic mass is 10.0. The molecule has 0 fully saturated rings. The zero-order chi connectivity index (χ0) is 15.2. The van der Waals surface area contributed by atoms with Crippen molar-refractivity contribution in [1.29, 1.82) is 0 Å². The van der Waals surface area contributed by atoms with E-state index in [-0.39, 0.29) is 11.8 Å². The van der Waals surface area contributed by atoms with Gasteiger partial charge in [0.25, 0.3) is 0 Å². The second-order valence-electron chi connectivity index (χ2n) is 5.40. The normalized spacial score (nSPS) is 12.4. The fourth-order valence-electron chi connectivity index (χ4n) is 1.87. The first-order valence-corrected chi connectivity index (χ1v) is 7.00. The molecule has 2 rings (SSSR count). The molecule has 0 radical (unpaired) electrons. The quantitative estimate of drug-likeness (QED) is 0.827. The van der Waals surface area contributed by atoms with Crippen molar-refractivity contribution >= 4 is 5.91 Å². The molecule has 0 saturated carbocycles. The monoisotopic (exact) mass is 287 g/mol. The van der Waals surface area contributed by atoms with Crippen molar-refractivity contribution in [2.45, 2.75) is 33.0 Å². The molecular formula is C15H21N5O. The van der Waals surface area contributed by atoms with Gasteiger partial charge < -0.3 is 11.1 Å². The van der Waals surface area contributed by atoms with Crippen LogP contribution in [-0.4, -0.2) is 26.7 Å². The van der Waals surface area contributed by atoms with Crippen LogP contribution in [0.25, 0.3) is 0 Å². The maximum atomic E-state index is 11.8. The molecule has 0 aliphatic rings. The first-order chi connectivity index (χ1) is 10.1. The molecule has 0 aliphatic heterocycles.